The number of amides is 2. The Morgan fingerprint density at radius 1 is 0.959 bits per heavy atom. The van der Waals surface area contributed by atoms with Crippen molar-refractivity contribution >= 4 is 39.7 Å². The van der Waals surface area contributed by atoms with Crippen LogP contribution in [0.4, 0.5) is 8.78 Å². The van der Waals surface area contributed by atoms with Gasteiger partial charge < -0.3 is 9.47 Å². The molecule has 0 spiro atoms. The Morgan fingerprint density at radius 2 is 1.61 bits per heavy atom. The number of ether oxygens (including phenoxy) is 2. The lowest BCUT2D eigenvalue weighted by Gasteiger charge is -2.54. The smallest absolute Gasteiger partial charge is 0.405 e. The van der Waals surface area contributed by atoms with Crippen molar-refractivity contribution in [1.29, 1.82) is 0 Å². The maximum absolute atomic E-state index is 14.4. The number of carbonyl (C=O) groups excluding carboxylic acids is 5. The van der Waals surface area contributed by atoms with Crippen LogP contribution in [0.5, 0.6) is 0 Å². The minimum absolute atomic E-state index is 0.126. The molecule has 1 N–H and O–H groups in total. The molecule has 9 rings (SSSR count). The molecular weight excluding hydrogens is 664 g/mol. The molecule has 11 nitrogen and oxygen atoms in total. The number of rotatable bonds is 9. The van der Waals surface area contributed by atoms with Crippen LogP contribution in [-0.2, 0) is 43.6 Å². The van der Waals surface area contributed by atoms with E-state index in [0.29, 0.717) is 50.4 Å². The molecule has 1 heterocycles. The predicted molar refractivity (Wildman–Crippen MR) is 165 cm³/mol. The van der Waals surface area contributed by atoms with E-state index in [1.165, 1.54) is 30.6 Å². The third-order valence-electron chi connectivity index (χ3n) is 14.2. The third kappa shape index (κ3) is 5.22. The van der Waals surface area contributed by atoms with Gasteiger partial charge in [0.25, 0.3) is 0 Å². The minimum Gasteiger partial charge on any atom is -0.459 e. The number of hydrogen-bond acceptors (Lipinski definition) is 9. The average molecular weight is 710 g/mol. The molecule has 1 saturated heterocycles. The van der Waals surface area contributed by atoms with E-state index in [9.17, 15) is 41.2 Å². The van der Waals surface area contributed by atoms with Crippen LogP contribution in [0.3, 0.4) is 0 Å². The van der Waals surface area contributed by atoms with Gasteiger partial charge in [0.15, 0.2) is 6.10 Å². The van der Waals surface area contributed by atoms with Gasteiger partial charge in [-0.25, -0.2) is 0 Å². The molecule has 49 heavy (non-hydrogen) atoms. The molecule has 8 bridgehead atoms. The van der Waals surface area contributed by atoms with Gasteiger partial charge in [0, 0.05) is 24.2 Å². The Hall–Kier alpha value is -2.48. The summed E-state index contributed by atoms with van der Waals surface area (Å²) in [5, 5.41) is -4.80. The number of nitrogens with zero attached hydrogens (tertiary/aromatic N) is 1. The number of fused-ring (bicyclic) bond motifs is 3. The van der Waals surface area contributed by atoms with Crippen molar-refractivity contribution in [3.05, 3.63) is 0 Å². The lowest BCUT2D eigenvalue weighted by Crippen LogP contribution is -2.56. The third-order valence-corrected chi connectivity index (χ3v) is 15.2. The summed E-state index contributed by atoms with van der Waals surface area (Å²) in [4.78, 5) is 69.7. The molecule has 9 fully saturated rings. The summed E-state index contributed by atoms with van der Waals surface area (Å²) in [5.74, 6) is -4.89. The van der Waals surface area contributed by atoms with E-state index in [1.807, 2.05) is 0 Å². The highest BCUT2D eigenvalue weighted by atomic mass is 32.2. The van der Waals surface area contributed by atoms with E-state index in [0.717, 1.165) is 25.7 Å². The van der Waals surface area contributed by atoms with Crippen LogP contribution in [0, 0.1) is 64.6 Å². The van der Waals surface area contributed by atoms with E-state index in [1.54, 1.807) is 0 Å². The Kier molecular flexibility index (Phi) is 7.91. The fraction of sp³-hybridized carbons (Fsp3) is 0.857. The zero-order chi connectivity index (χ0) is 34.8. The minimum atomic E-state index is -5.92. The van der Waals surface area contributed by atoms with Crippen LogP contribution < -0.4 is 0 Å². The molecule has 0 aromatic rings. The number of alkyl halides is 2. The summed E-state index contributed by atoms with van der Waals surface area (Å²) < 4.78 is 71.8. The average Bonchev–Trinajstić information content (AvgIpc) is 3.64. The highest BCUT2D eigenvalue weighted by Crippen LogP contribution is 2.63. The number of likely N-dealkylation sites (tertiary alicyclic amines) is 1. The number of imide groups is 1. The molecule has 9 aliphatic rings. The molecule has 8 aliphatic carbocycles. The normalized spacial score (nSPS) is 44.0. The molecule has 1 aliphatic heterocycles. The molecule has 0 aromatic carbocycles. The van der Waals surface area contributed by atoms with Crippen molar-refractivity contribution in [2.24, 2.45) is 64.6 Å². The first-order chi connectivity index (χ1) is 23.1. The number of ketones is 1. The first kappa shape index (κ1) is 33.7. The maximum Gasteiger partial charge on any atom is 0.405 e. The molecule has 14 heteroatoms. The fourth-order valence-corrected chi connectivity index (χ4v) is 12.9. The summed E-state index contributed by atoms with van der Waals surface area (Å²) in [6, 6.07) is -0.805. The zero-order valence-electron chi connectivity index (χ0n) is 27.6. The van der Waals surface area contributed by atoms with Gasteiger partial charge in [0.05, 0.1) is 23.3 Å². The predicted octanol–water partition coefficient (Wildman–Crippen LogP) is 4.32. The lowest BCUT2D eigenvalue weighted by atomic mass is 9.49. The summed E-state index contributed by atoms with van der Waals surface area (Å²) in [7, 11) is -5.92. The monoisotopic (exact) mass is 709 g/mol. The first-order valence-corrected chi connectivity index (χ1v) is 19.7. The number of Topliss-reactive ketones (excluding diaryl/α,β-unsaturated/α-hetero) is 1. The highest BCUT2D eigenvalue weighted by molar-refractivity contribution is 7.86. The van der Waals surface area contributed by atoms with E-state index < -0.39 is 86.5 Å². The Bertz CT molecular complexity index is 1550. The van der Waals surface area contributed by atoms with Gasteiger partial charge in [-0.15, -0.1) is 0 Å². The second kappa shape index (κ2) is 11.5. The van der Waals surface area contributed by atoms with Crippen LogP contribution in [-0.4, -0.2) is 70.9 Å². The van der Waals surface area contributed by atoms with E-state index >= 15 is 0 Å². The van der Waals surface area contributed by atoms with Gasteiger partial charge in [-0.3, -0.25) is 33.4 Å². The molecule has 270 valence electrons. The Labute approximate surface area is 284 Å². The van der Waals surface area contributed by atoms with Crippen LogP contribution >= 0.6 is 0 Å². The first-order valence-electron chi connectivity index (χ1n) is 18.2. The van der Waals surface area contributed by atoms with Gasteiger partial charge in [-0.05, 0) is 101 Å². The summed E-state index contributed by atoms with van der Waals surface area (Å²) in [5.41, 5.74) is -0.871. The van der Waals surface area contributed by atoms with Gasteiger partial charge in [0.2, 0.25) is 11.8 Å². The van der Waals surface area contributed by atoms with Crippen molar-refractivity contribution in [2.45, 2.75) is 120 Å². The van der Waals surface area contributed by atoms with Gasteiger partial charge in [-0.1, -0.05) is 19.3 Å². The maximum atomic E-state index is 14.4. The van der Waals surface area contributed by atoms with Crippen LogP contribution in [0.2, 0.25) is 0 Å². The Balaban J connectivity index is 1.05. The second-order valence-corrected chi connectivity index (χ2v) is 18.5. The molecule has 8 saturated carbocycles. The van der Waals surface area contributed by atoms with E-state index in [2.05, 4.69) is 0 Å². The topological polar surface area (TPSA) is 161 Å². The van der Waals surface area contributed by atoms with E-state index in [-0.39, 0.29) is 36.4 Å². The molecule has 0 aromatic heterocycles. The zero-order valence-corrected chi connectivity index (χ0v) is 28.5. The Morgan fingerprint density at radius 3 is 2.24 bits per heavy atom. The largest absolute Gasteiger partial charge is 0.459 e. The quantitative estimate of drug-likeness (QED) is 0.270. The molecular formula is C35H45F2NO10S. The number of halogens is 2. The standard InChI is InChI=1S/C35H45F2NO10S/c1-16(35(36,37)49(44,45)46)47-32(42)27-24-12-23-26(27)31(41)38(25(39)6-5-19-8-17-3-2-4-18(7-17)9-19)28(23)30(24)48-33(43)34-13-20-10-21(14-34)29(40)22(11-20)15-34/h16-24,26-28,30H,2-15H2,1H3,(H,44,45,46). The van der Waals surface area contributed by atoms with E-state index in [4.69, 9.17) is 14.0 Å². The SMILES string of the molecule is CC(OC(=O)C1C2CC3C1C(=O)N(C(=O)CCC1CC4CCCC(C4)C1)C3C2OC(=O)C12CC3CC(C1)C(=O)C(C3)C2)C(F)(F)S(=O)(=O)O. The van der Waals surface area contributed by atoms with Gasteiger partial charge >= 0.3 is 27.3 Å². The number of hydrogen-bond donors (Lipinski definition) is 1. The summed E-state index contributed by atoms with van der Waals surface area (Å²) in [6.45, 7) is 0.638. The molecule has 11 unspecified atom stereocenters. The fourth-order valence-electron chi connectivity index (χ4n) is 12.4. The van der Waals surface area contributed by atoms with Crippen LogP contribution in [0.25, 0.3) is 0 Å². The van der Waals surface area contributed by atoms with Crippen molar-refractivity contribution in [1.82, 2.24) is 4.90 Å². The summed E-state index contributed by atoms with van der Waals surface area (Å²) in [6.07, 6.45) is 7.17. The lowest BCUT2D eigenvalue weighted by molar-refractivity contribution is -0.187. The number of esters is 2. The van der Waals surface area contributed by atoms with Gasteiger partial charge in [0.1, 0.15) is 11.9 Å². The van der Waals surface area contributed by atoms with Crippen LogP contribution in [0.15, 0.2) is 0 Å². The van der Waals surface area contributed by atoms with Crippen molar-refractivity contribution in [3.8, 4) is 0 Å². The molecule has 11 atom stereocenters. The highest BCUT2D eigenvalue weighted by Gasteiger charge is 2.73. The molecule has 0 radical (unpaired) electrons. The van der Waals surface area contributed by atoms with Gasteiger partial charge in [-0.2, -0.15) is 17.2 Å². The van der Waals surface area contributed by atoms with Crippen molar-refractivity contribution in [3.63, 3.8) is 0 Å². The van der Waals surface area contributed by atoms with Crippen molar-refractivity contribution < 1.29 is 55.2 Å². The molecule has 2 amide bonds. The van der Waals surface area contributed by atoms with Crippen LogP contribution in [0.1, 0.15) is 96.8 Å². The number of carbonyl (C=O) groups is 5. The summed E-state index contributed by atoms with van der Waals surface area (Å²) >= 11 is 0. The van der Waals surface area contributed by atoms with Crippen molar-refractivity contribution in [2.75, 3.05) is 0 Å². The second-order valence-electron chi connectivity index (χ2n) is 17.0.